The first-order valence-electron chi connectivity index (χ1n) is 34.6. The van der Waals surface area contributed by atoms with Crippen LogP contribution in [0.25, 0.3) is 186 Å². The van der Waals surface area contributed by atoms with Crippen LogP contribution >= 0.6 is 0 Å². The Morgan fingerprint density at radius 2 is 0.455 bits per heavy atom. The molecular formula is C99H66. The second-order valence-corrected chi connectivity index (χ2v) is 27.4. The summed E-state index contributed by atoms with van der Waals surface area (Å²) in [5.74, 6) is 0. The van der Waals surface area contributed by atoms with Gasteiger partial charge in [0.2, 0.25) is 0 Å². The van der Waals surface area contributed by atoms with E-state index in [1.807, 2.05) is 0 Å². The molecule has 20 rings (SSSR count). The summed E-state index contributed by atoms with van der Waals surface area (Å²) in [6.45, 7) is 4.75. The molecule has 0 fully saturated rings. The van der Waals surface area contributed by atoms with Crippen LogP contribution in [-0.2, 0) is 5.41 Å². The Hall–Kier alpha value is -12.5. The lowest BCUT2D eigenvalue weighted by Gasteiger charge is -2.23. The van der Waals surface area contributed by atoms with E-state index in [0.29, 0.717) is 0 Å². The summed E-state index contributed by atoms with van der Waals surface area (Å²) >= 11 is 0. The van der Waals surface area contributed by atoms with Crippen molar-refractivity contribution in [1.29, 1.82) is 0 Å². The zero-order valence-corrected chi connectivity index (χ0v) is 55.1. The molecule has 462 valence electrons. The van der Waals surface area contributed by atoms with Crippen molar-refractivity contribution in [3.63, 3.8) is 0 Å². The monoisotopic (exact) mass is 1250 g/mol. The highest BCUT2D eigenvalue weighted by Crippen LogP contribution is 2.53. The van der Waals surface area contributed by atoms with Gasteiger partial charge in [0.25, 0.3) is 0 Å². The molecule has 0 bridgehead atoms. The molecule has 0 atom stereocenters. The highest BCUT2D eigenvalue weighted by molar-refractivity contribution is 6.24. The molecule has 0 nitrogen and oxygen atoms in total. The molecule has 0 heterocycles. The van der Waals surface area contributed by atoms with E-state index in [0.717, 1.165) is 0 Å². The van der Waals surface area contributed by atoms with Crippen LogP contribution < -0.4 is 0 Å². The van der Waals surface area contributed by atoms with Gasteiger partial charge in [-0.25, -0.2) is 0 Å². The standard InChI is InChI=1S/C55H38.C44H28/c1-55(2)51-18-10-9-15-45(51)46-29-28-44(34-52(46)55)54-48-17-8-7-16-47(48)53(38-23-19-37(20-24-38)41-25-21-35-11-3-5-13-39(35)31-41)50-33-43(27-30-49(50)54)42-26-22-36-12-4-6-14-40(36)32-42;1-2-12-31(13-3-1)43-39-16-8-9-17-40(39)44(36-23-24-38-35(27-36)21-19-30-11-6-7-15-37(30)38)41-25-22-34(28-42(41)43)33-20-18-29-10-4-5-14-32(29)26-33/h3-34H,1-2H3;1-28H. The molecular weight excluding hydrogens is 1190 g/mol. The Morgan fingerprint density at radius 1 is 0.152 bits per heavy atom. The van der Waals surface area contributed by atoms with Gasteiger partial charge < -0.3 is 0 Å². The second-order valence-electron chi connectivity index (χ2n) is 27.4. The molecule has 99 heavy (non-hydrogen) atoms. The summed E-state index contributed by atoms with van der Waals surface area (Å²) < 4.78 is 0. The van der Waals surface area contributed by atoms with Crippen LogP contribution in [0.4, 0.5) is 0 Å². The Labute approximate surface area is 576 Å². The molecule has 0 spiro atoms. The van der Waals surface area contributed by atoms with Crippen LogP contribution in [0.1, 0.15) is 25.0 Å². The maximum Gasteiger partial charge on any atom is 0.0159 e. The molecule has 19 aromatic carbocycles. The van der Waals surface area contributed by atoms with E-state index >= 15 is 0 Å². The third kappa shape index (κ3) is 9.82. The molecule has 0 amide bonds. The number of hydrogen-bond donors (Lipinski definition) is 0. The summed E-state index contributed by atoms with van der Waals surface area (Å²) in [5, 5.41) is 22.9. The average Bonchev–Trinajstić information content (AvgIpc) is 1.71. The van der Waals surface area contributed by atoms with Gasteiger partial charge in [0.1, 0.15) is 0 Å². The van der Waals surface area contributed by atoms with E-state index < -0.39 is 0 Å². The van der Waals surface area contributed by atoms with Gasteiger partial charge >= 0.3 is 0 Å². The van der Waals surface area contributed by atoms with Crippen LogP contribution in [0.15, 0.2) is 364 Å². The third-order valence-corrected chi connectivity index (χ3v) is 21.4. The molecule has 0 saturated carbocycles. The molecule has 0 unspecified atom stereocenters. The zero-order chi connectivity index (χ0) is 65.7. The van der Waals surface area contributed by atoms with Gasteiger partial charge in [-0.1, -0.05) is 335 Å². The van der Waals surface area contributed by atoms with Gasteiger partial charge in [-0.05, 0) is 240 Å². The van der Waals surface area contributed by atoms with Crippen molar-refractivity contribution in [2.45, 2.75) is 19.3 Å². The van der Waals surface area contributed by atoms with E-state index in [4.69, 9.17) is 0 Å². The van der Waals surface area contributed by atoms with Crippen molar-refractivity contribution in [3.05, 3.63) is 375 Å². The van der Waals surface area contributed by atoms with E-state index in [1.54, 1.807) is 0 Å². The molecule has 0 aromatic heterocycles. The summed E-state index contributed by atoms with van der Waals surface area (Å²) in [7, 11) is 0. The number of benzene rings is 19. The van der Waals surface area contributed by atoms with Crippen LogP contribution in [0, 0.1) is 0 Å². The van der Waals surface area contributed by atoms with Crippen LogP contribution in [0.2, 0.25) is 0 Å². The predicted molar refractivity (Wildman–Crippen MR) is 426 cm³/mol. The van der Waals surface area contributed by atoms with Gasteiger partial charge in [0.05, 0.1) is 0 Å². The summed E-state index contributed by atoms with van der Waals surface area (Å²) in [5.41, 5.74) is 22.9. The summed E-state index contributed by atoms with van der Waals surface area (Å²) in [6.07, 6.45) is 0. The molecule has 0 aliphatic heterocycles. The van der Waals surface area contributed by atoms with Crippen molar-refractivity contribution >= 4 is 97.0 Å². The SMILES string of the molecule is CC1(C)c2ccccc2-c2ccc(-c3c4ccccc4c(-c4ccc(-c5ccc6ccccc6c5)cc4)c4cc(-c5ccc6ccccc6c5)ccc34)cc21.c1ccc(-c2c3ccccc3c(-c3ccc4c(ccc5ccccc54)c3)c3ccc(-c4ccc5ccccc5c4)cc23)cc1. The maximum absolute atomic E-state index is 2.48. The first kappa shape index (κ1) is 57.9. The van der Waals surface area contributed by atoms with Gasteiger partial charge in [0, 0.05) is 5.41 Å². The maximum atomic E-state index is 2.48. The molecule has 19 aromatic rings. The Kier molecular flexibility index (Phi) is 13.7. The molecule has 1 aliphatic rings. The molecule has 0 saturated heterocycles. The highest BCUT2D eigenvalue weighted by atomic mass is 14.4. The fourth-order valence-corrected chi connectivity index (χ4v) is 16.5. The topological polar surface area (TPSA) is 0 Å². The second kappa shape index (κ2) is 23.4. The summed E-state index contributed by atoms with van der Waals surface area (Å²) in [4.78, 5) is 0. The van der Waals surface area contributed by atoms with Crippen LogP contribution in [-0.4, -0.2) is 0 Å². The van der Waals surface area contributed by atoms with E-state index in [1.165, 1.54) is 197 Å². The van der Waals surface area contributed by atoms with Gasteiger partial charge in [0.15, 0.2) is 0 Å². The normalized spacial score (nSPS) is 12.4. The van der Waals surface area contributed by atoms with E-state index in [9.17, 15) is 0 Å². The number of rotatable bonds is 7. The average molecular weight is 1260 g/mol. The van der Waals surface area contributed by atoms with Crippen molar-refractivity contribution < 1.29 is 0 Å². The third-order valence-electron chi connectivity index (χ3n) is 21.4. The first-order valence-corrected chi connectivity index (χ1v) is 34.6. The van der Waals surface area contributed by atoms with Gasteiger partial charge in [-0.3, -0.25) is 0 Å². The Morgan fingerprint density at radius 3 is 1.00 bits per heavy atom. The van der Waals surface area contributed by atoms with Crippen molar-refractivity contribution in [2.75, 3.05) is 0 Å². The lowest BCUT2D eigenvalue weighted by Crippen LogP contribution is -2.14. The molecule has 0 N–H and O–H groups in total. The predicted octanol–water partition coefficient (Wildman–Crippen LogP) is 27.7. The van der Waals surface area contributed by atoms with E-state index in [2.05, 4.69) is 378 Å². The molecule has 1 aliphatic carbocycles. The minimum atomic E-state index is -0.0798. The number of fused-ring (bicyclic) bond motifs is 13. The first-order chi connectivity index (χ1) is 48.8. The van der Waals surface area contributed by atoms with Crippen molar-refractivity contribution in [2.24, 2.45) is 0 Å². The zero-order valence-electron chi connectivity index (χ0n) is 55.1. The largest absolute Gasteiger partial charge is 0.0622 e. The fourth-order valence-electron chi connectivity index (χ4n) is 16.5. The van der Waals surface area contributed by atoms with Crippen molar-refractivity contribution in [1.82, 2.24) is 0 Å². The minimum absolute atomic E-state index is 0.0798. The van der Waals surface area contributed by atoms with Gasteiger partial charge in [-0.2, -0.15) is 0 Å². The van der Waals surface area contributed by atoms with Crippen LogP contribution in [0.3, 0.4) is 0 Å². The minimum Gasteiger partial charge on any atom is -0.0622 e. The van der Waals surface area contributed by atoms with Crippen molar-refractivity contribution in [3.8, 4) is 89.0 Å². The molecule has 0 radical (unpaired) electrons. The number of hydrogen-bond acceptors (Lipinski definition) is 0. The fraction of sp³-hybridized carbons (Fsp3) is 0.0303. The quantitative estimate of drug-likeness (QED) is 0.110. The van der Waals surface area contributed by atoms with Gasteiger partial charge in [-0.15, -0.1) is 0 Å². The summed E-state index contributed by atoms with van der Waals surface area (Å²) in [6, 6.07) is 135. The molecule has 0 heteroatoms. The highest BCUT2D eigenvalue weighted by Gasteiger charge is 2.35. The lowest BCUT2D eigenvalue weighted by molar-refractivity contribution is 0.660. The lowest BCUT2D eigenvalue weighted by atomic mass is 9.80. The Bertz CT molecular complexity index is 6480. The smallest absolute Gasteiger partial charge is 0.0159 e. The van der Waals surface area contributed by atoms with E-state index in [-0.39, 0.29) is 5.41 Å². The van der Waals surface area contributed by atoms with Crippen LogP contribution in [0.5, 0.6) is 0 Å². The Balaban J connectivity index is 0.000000142.